The van der Waals surface area contributed by atoms with Crippen LogP contribution in [0, 0.1) is 0 Å². The fraction of sp³-hybridized carbons (Fsp3) is 0.375. The first kappa shape index (κ1) is 11.7. The molecule has 0 aromatic carbocycles. The minimum Gasteiger partial charge on any atom is -0.367 e. The van der Waals surface area contributed by atoms with Gasteiger partial charge < -0.3 is 10.2 Å². The van der Waals surface area contributed by atoms with E-state index in [0.717, 1.165) is 0 Å². The van der Waals surface area contributed by atoms with Crippen molar-refractivity contribution in [1.82, 2.24) is 4.98 Å². The molecule has 1 rings (SSSR count). The maximum Gasteiger partial charge on any atom is 0.411 e. The molecular weight excluding hydrogens is 211 g/mol. The predicted octanol–water partition coefficient (Wildman–Crippen LogP) is 1.45. The first-order valence-electron chi connectivity index (χ1n) is 4.08. The predicted molar refractivity (Wildman–Crippen MR) is 47.8 cm³/mol. The monoisotopic (exact) mass is 221 g/mol. The Morgan fingerprint density at radius 2 is 2.20 bits per heavy atom. The van der Waals surface area contributed by atoms with E-state index in [4.69, 9.17) is 5.84 Å². The normalized spacial score (nSPS) is 11.5. The van der Waals surface area contributed by atoms with Crippen LogP contribution in [0.25, 0.3) is 0 Å². The number of nitrogens with zero attached hydrogens (tertiary/aromatic N) is 1. The highest BCUT2D eigenvalue weighted by Crippen LogP contribution is 2.17. The van der Waals surface area contributed by atoms with Crippen molar-refractivity contribution >= 4 is 5.82 Å². The summed E-state index contributed by atoms with van der Waals surface area (Å²) in [5, 5.41) is 0. The maximum absolute atomic E-state index is 11.8. The van der Waals surface area contributed by atoms with Gasteiger partial charge in [0.1, 0.15) is 12.4 Å². The van der Waals surface area contributed by atoms with Gasteiger partial charge in [0.2, 0.25) is 0 Å². The van der Waals surface area contributed by atoms with Crippen LogP contribution in [0.3, 0.4) is 0 Å². The Kier molecular flexibility index (Phi) is 3.87. The molecule has 0 aliphatic carbocycles. The maximum atomic E-state index is 11.8. The lowest BCUT2D eigenvalue weighted by molar-refractivity contribution is -0.176. The fourth-order valence-electron chi connectivity index (χ4n) is 0.962. The summed E-state index contributed by atoms with van der Waals surface area (Å²) in [7, 11) is 0. The topological polar surface area (TPSA) is 60.2 Å². The molecule has 0 radical (unpaired) electrons. The number of ether oxygens (including phenoxy) is 1. The van der Waals surface area contributed by atoms with Crippen LogP contribution in [0.1, 0.15) is 5.56 Å². The Morgan fingerprint density at radius 3 is 2.80 bits per heavy atom. The van der Waals surface area contributed by atoms with Crippen molar-refractivity contribution in [2.45, 2.75) is 12.8 Å². The van der Waals surface area contributed by atoms with Crippen LogP contribution in [-0.4, -0.2) is 17.8 Å². The zero-order valence-electron chi connectivity index (χ0n) is 7.71. The number of hydrogen-bond donors (Lipinski definition) is 2. The van der Waals surface area contributed by atoms with Crippen LogP contribution in [0.2, 0.25) is 0 Å². The largest absolute Gasteiger partial charge is 0.411 e. The Bertz CT molecular complexity index is 316. The fourth-order valence-corrected chi connectivity index (χ4v) is 0.962. The molecule has 84 valence electrons. The van der Waals surface area contributed by atoms with Crippen molar-refractivity contribution in [2.24, 2.45) is 5.84 Å². The number of aromatic nitrogens is 1. The van der Waals surface area contributed by atoms with Gasteiger partial charge in [-0.1, -0.05) is 6.07 Å². The second-order valence-corrected chi connectivity index (χ2v) is 2.76. The second-order valence-electron chi connectivity index (χ2n) is 2.76. The molecule has 0 atom stereocenters. The van der Waals surface area contributed by atoms with Crippen LogP contribution in [0.4, 0.5) is 19.0 Å². The summed E-state index contributed by atoms with van der Waals surface area (Å²) >= 11 is 0. The minimum atomic E-state index is -4.32. The van der Waals surface area contributed by atoms with Crippen LogP contribution < -0.4 is 11.3 Å². The van der Waals surface area contributed by atoms with E-state index in [1.165, 1.54) is 6.20 Å². The van der Waals surface area contributed by atoms with Gasteiger partial charge in [0.05, 0.1) is 6.61 Å². The van der Waals surface area contributed by atoms with E-state index in [0.29, 0.717) is 11.4 Å². The molecule has 0 aliphatic rings. The van der Waals surface area contributed by atoms with Crippen molar-refractivity contribution in [2.75, 3.05) is 12.0 Å². The Balaban J connectivity index is 2.50. The molecule has 0 spiro atoms. The first-order chi connectivity index (χ1) is 7.03. The smallest absolute Gasteiger partial charge is 0.367 e. The number of hydrogen-bond acceptors (Lipinski definition) is 4. The Hall–Kier alpha value is -1.34. The van der Waals surface area contributed by atoms with E-state index in [9.17, 15) is 13.2 Å². The molecule has 0 bridgehead atoms. The van der Waals surface area contributed by atoms with Crippen molar-refractivity contribution in [3.63, 3.8) is 0 Å². The summed E-state index contributed by atoms with van der Waals surface area (Å²) < 4.78 is 39.7. The molecule has 7 heteroatoms. The molecule has 1 aromatic rings. The van der Waals surface area contributed by atoms with Gasteiger partial charge in [-0.2, -0.15) is 13.2 Å². The van der Waals surface area contributed by atoms with Crippen LogP contribution in [-0.2, 0) is 11.3 Å². The van der Waals surface area contributed by atoms with E-state index in [1.54, 1.807) is 12.1 Å². The van der Waals surface area contributed by atoms with Gasteiger partial charge in [-0.25, -0.2) is 10.8 Å². The van der Waals surface area contributed by atoms with Gasteiger partial charge in [0.15, 0.2) is 0 Å². The summed E-state index contributed by atoms with van der Waals surface area (Å²) in [6.07, 6.45) is -2.85. The van der Waals surface area contributed by atoms with Crippen molar-refractivity contribution < 1.29 is 17.9 Å². The highest BCUT2D eigenvalue weighted by Gasteiger charge is 2.27. The summed E-state index contributed by atoms with van der Waals surface area (Å²) in [5.41, 5.74) is 2.75. The lowest BCUT2D eigenvalue weighted by Crippen LogP contribution is -2.17. The van der Waals surface area contributed by atoms with Gasteiger partial charge >= 0.3 is 6.18 Å². The van der Waals surface area contributed by atoms with Gasteiger partial charge in [-0.3, -0.25) is 0 Å². The van der Waals surface area contributed by atoms with Gasteiger partial charge in [-0.05, 0) is 6.07 Å². The van der Waals surface area contributed by atoms with Crippen LogP contribution >= 0.6 is 0 Å². The lowest BCUT2D eigenvalue weighted by Gasteiger charge is -2.09. The molecule has 0 saturated heterocycles. The molecule has 1 aromatic heterocycles. The van der Waals surface area contributed by atoms with Crippen molar-refractivity contribution in [1.29, 1.82) is 0 Å². The Labute approximate surface area is 84.2 Å². The first-order valence-corrected chi connectivity index (χ1v) is 4.08. The van der Waals surface area contributed by atoms with Crippen LogP contribution in [0.15, 0.2) is 18.3 Å². The van der Waals surface area contributed by atoms with Crippen molar-refractivity contribution in [3.05, 3.63) is 23.9 Å². The zero-order valence-corrected chi connectivity index (χ0v) is 7.71. The molecule has 3 N–H and O–H groups in total. The zero-order chi connectivity index (χ0) is 11.3. The molecule has 0 saturated carbocycles. The number of nitrogens with two attached hydrogens (primary N) is 1. The second kappa shape index (κ2) is 4.94. The summed E-state index contributed by atoms with van der Waals surface area (Å²) in [6, 6.07) is 3.17. The summed E-state index contributed by atoms with van der Waals surface area (Å²) in [4.78, 5) is 3.81. The third-order valence-electron chi connectivity index (χ3n) is 1.55. The average Bonchev–Trinajstić information content (AvgIpc) is 2.16. The minimum absolute atomic E-state index is 0.188. The Morgan fingerprint density at radius 1 is 1.47 bits per heavy atom. The van der Waals surface area contributed by atoms with Crippen molar-refractivity contribution in [3.8, 4) is 0 Å². The molecule has 0 fully saturated rings. The number of nitrogens with one attached hydrogen (secondary N) is 1. The third-order valence-corrected chi connectivity index (χ3v) is 1.55. The summed E-state index contributed by atoms with van der Waals surface area (Å²) in [5.74, 6) is 5.42. The molecule has 1 heterocycles. The molecule has 0 amide bonds. The lowest BCUT2D eigenvalue weighted by atomic mass is 10.3. The number of rotatable bonds is 4. The van der Waals surface area contributed by atoms with E-state index >= 15 is 0 Å². The number of nitrogen functional groups attached to an aromatic ring is 1. The van der Waals surface area contributed by atoms with Gasteiger partial charge in [-0.15, -0.1) is 0 Å². The molecule has 0 unspecified atom stereocenters. The highest BCUT2D eigenvalue weighted by atomic mass is 19.4. The van der Waals surface area contributed by atoms with Crippen LogP contribution in [0.5, 0.6) is 0 Å². The molecule has 4 nitrogen and oxygen atoms in total. The highest BCUT2D eigenvalue weighted by molar-refractivity contribution is 5.41. The number of hydrazine groups is 1. The summed E-state index contributed by atoms with van der Waals surface area (Å²) in [6.45, 7) is -1.47. The quantitative estimate of drug-likeness (QED) is 0.596. The van der Waals surface area contributed by atoms with Gasteiger partial charge in [0, 0.05) is 11.8 Å². The van der Waals surface area contributed by atoms with E-state index < -0.39 is 12.8 Å². The molecular formula is C8H10F3N3O. The van der Waals surface area contributed by atoms with E-state index in [-0.39, 0.29) is 6.61 Å². The number of anilines is 1. The number of pyridine rings is 1. The SMILES string of the molecule is NNc1ncccc1COCC(F)(F)F. The molecule has 15 heavy (non-hydrogen) atoms. The third kappa shape index (κ3) is 4.13. The average molecular weight is 221 g/mol. The van der Waals surface area contributed by atoms with E-state index in [2.05, 4.69) is 15.1 Å². The molecule has 0 aliphatic heterocycles. The number of halogens is 3. The van der Waals surface area contributed by atoms with E-state index in [1.807, 2.05) is 0 Å². The number of alkyl halides is 3. The van der Waals surface area contributed by atoms with Gasteiger partial charge in [0.25, 0.3) is 0 Å². The standard InChI is InChI=1S/C8H10F3N3O/c9-8(10,11)5-15-4-6-2-1-3-13-7(6)14-12/h1-3H,4-5,12H2,(H,13,14).